The van der Waals surface area contributed by atoms with Gasteiger partial charge in [-0.05, 0) is 32.6 Å². The topological polar surface area (TPSA) is 29.1 Å². The van der Waals surface area contributed by atoms with Gasteiger partial charge in [-0.15, -0.1) is 0 Å². The summed E-state index contributed by atoms with van der Waals surface area (Å²) >= 11 is 0. The van der Waals surface area contributed by atoms with E-state index in [1.807, 2.05) is 0 Å². The van der Waals surface area contributed by atoms with Gasteiger partial charge in [0.15, 0.2) is 0 Å². The Bertz CT molecular complexity index is 168. The molecule has 2 fully saturated rings. The standard InChI is InChI=1S/C8H13NO/c1-8(4-5-8)9-7(10)6-2-3-6/h6H,2-5H2,1H3,(H,9,10). The van der Waals surface area contributed by atoms with E-state index in [9.17, 15) is 4.79 Å². The van der Waals surface area contributed by atoms with Gasteiger partial charge >= 0.3 is 0 Å². The molecule has 2 nitrogen and oxygen atoms in total. The molecule has 2 rings (SSSR count). The van der Waals surface area contributed by atoms with E-state index in [2.05, 4.69) is 12.2 Å². The maximum Gasteiger partial charge on any atom is 0.223 e. The smallest absolute Gasteiger partial charge is 0.223 e. The van der Waals surface area contributed by atoms with Crippen LogP contribution in [0.2, 0.25) is 0 Å². The number of rotatable bonds is 2. The highest BCUT2D eigenvalue weighted by atomic mass is 16.2. The van der Waals surface area contributed by atoms with Crippen LogP contribution >= 0.6 is 0 Å². The van der Waals surface area contributed by atoms with Gasteiger partial charge in [0.05, 0.1) is 0 Å². The van der Waals surface area contributed by atoms with Crippen molar-refractivity contribution in [3.8, 4) is 0 Å². The van der Waals surface area contributed by atoms with E-state index in [0.717, 1.165) is 12.8 Å². The second-order valence-electron chi connectivity index (χ2n) is 3.82. The Kier molecular flexibility index (Phi) is 1.08. The number of nitrogens with one attached hydrogen (secondary N) is 1. The van der Waals surface area contributed by atoms with Gasteiger partial charge in [0, 0.05) is 11.5 Å². The first-order valence-electron chi connectivity index (χ1n) is 4.02. The van der Waals surface area contributed by atoms with E-state index in [-0.39, 0.29) is 5.54 Å². The van der Waals surface area contributed by atoms with Gasteiger partial charge in [-0.1, -0.05) is 0 Å². The molecule has 2 saturated carbocycles. The zero-order valence-corrected chi connectivity index (χ0v) is 6.31. The van der Waals surface area contributed by atoms with E-state index in [1.54, 1.807) is 0 Å². The molecule has 2 aliphatic carbocycles. The summed E-state index contributed by atoms with van der Waals surface area (Å²) < 4.78 is 0. The van der Waals surface area contributed by atoms with E-state index in [1.165, 1.54) is 12.8 Å². The van der Waals surface area contributed by atoms with Crippen LogP contribution in [-0.2, 0) is 4.79 Å². The SMILES string of the molecule is CC1(NC(=O)C2CC2)CC1. The van der Waals surface area contributed by atoms with Crippen LogP contribution in [0.3, 0.4) is 0 Å². The molecule has 0 aromatic rings. The highest BCUT2D eigenvalue weighted by Crippen LogP contribution is 2.37. The van der Waals surface area contributed by atoms with Crippen LogP contribution < -0.4 is 5.32 Å². The molecule has 0 atom stereocenters. The fourth-order valence-electron chi connectivity index (χ4n) is 1.06. The third-order valence-corrected chi connectivity index (χ3v) is 2.37. The lowest BCUT2D eigenvalue weighted by Gasteiger charge is -2.09. The first kappa shape index (κ1) is 6.20. The molecule has 0 bridgehead atoms. The van der Waals surface area contributed by atoms with E-state index < -0.39 is 0 Å². The zero-order valence-electron chi connectivity index (χ0n) is 6.31. The highest BCUT2D eigenvalue weighted by molar-refractivity contribution is 5.81. The maximum atomic E-state index is 11.1. The lowest BCUT2D eigenvalue weighted by molar-refractivity contribution is -0.123. The average molecular weight is 139 g/mol. The summed E-state index contributed by atoms with van der Waals surface area (Å²) in [5.41, 5.74) is 0.194. The van der Waals surface area contributed by atoms with Crippen molar-refractivity contribution in [3.63, 3.8) is 0 Å². The molecule has 0 aromatic carbocycles. The van der Waals surface area contributed by atoms with Crippen LogP contribution in [0, 0.1) is 5.92 Å². The predicted octanol–water partition coefficient (Wildman–Crippen LogP) is 1.07. The normalized spacial score (nSPS) is 27.7. The summed E-state index contributed by atoms with van der Waals surface area (Å²) in [7, 11) is 0. The molecular weight excluding hydrogens is 126 g/mol. The summed E-state index contributed by atoms with van der Waals surface area (Å²) in [4.78, 5) is 11.1. The number of amides is 1. The number of hydrogen-bond donors (Lipinski definition) is 1. The molecule has 2 aliphatic rings. The lowest BCUT2D eigenvalue weighted by Crippen LogP contribution is -2.35. The summed E-state index contributed by atoms with van der Waals surface area (Å²) in [6, 6.07) is 0. The van der Waals surface area contributed by atoms with Gasteiger partial charge in [0.2, 0.25) is 5.91 Å². The van der Waals surface area contributed by atoms with Gasteiger partial charge in [-0.2, -0.15) is 0 Å². The number of hydrogen-bond acceptors (Lipinski definition) is 1. The van der Waals surface area contributed by atoms with Crippen LogP contribution in [0.5, 0.6) is 0 Å². The van der Waals surface area contributed by atoms with Crippen molar-refractivity contribution in [2.75, 3.05) is 0 Å². The third kappa shape index (κ3) is 1.15. The van der Waals surface area contributed by atoms with Crippen molar-refractivity contribution in [2.45, 2.75) is 38.1 Å². The zero-order chi connectivity index (χ0) is 7.19. The molecule has 0 radical (unpaired) electrons. The Labute approximate surface area is 61.0 Å². The Hall–Kier alpha value is -0.530. The maximum absolute atomic E-state index is 11.1. The Morgan fingerprint density at radius 3 is 2.50 bits per heavy atom. The van der Waals surface area contributed by atoms with Crippen molar-refractivity contribution >= 4 is 5.91 Å². The second-order valence-corrected chi connectivity index (χ2v) is 3.82. The van der Waals surface area contributed by atoms with Crippen molar-refractivity contribution in [1.82, 2.24) is 5.32 Å². The molecule has 0 saturated heterocycles. The van der Waals surface area contributed by atoms with Crippen LogP contribution in [0.4, 0.5) is 0 Å². The molecule has 0 spiro atoms. The summed E-state index contributed by atoms with van der Waals surface area (Å²) in [5, 5.41) is 3.05. The van der Waals surface area contributed by atoms with Gasteiger partial charge in [-0.25, -0.2) is 0 Å². The van der Waals surface area contributed by atoms with Gasteiger partial charge in [-0.3, -0.25) is 4.79 Å². The van der Waals surface area contributed by atoms with Gasteiger partial charge in [0.1, 0.15) is 0 Å². The molecule has 0 unspecified atom stereocenters. The predicted molar refractivity (Wildman–Crippen MR) is 38.5 cm³/mol. The molecular formula is C8H13NO. The molecule has 2 heteroatoms. The highest BCUT2D eigenvalue weighted by Gasteiger charge is 2.41. The second kappa shape index (κ2) is 1.74. The summed E-state index contributed by atoms with van der Waals surface area (Å²) in [5.74, 6) is 0.664. The molecule has 10 heavy (non-hydrogen) atoms. The lowest BCUT2D eigenvalue weighted by atomic mass is 10.3. The molecule has 1 N–H and O–H groups in total. The number of carbonyl (C=O) groups is 1. The van der Waals surface area contributed by atoms with Gasteiger partial charge < -0.3 is 5.32 Å². The van der Waals surface area contributed by atoms with Crippen molar-refractivity contribution in [1.29, 1.82) is 0 Å². The van der Waals surface area contributed by atoms with Crippen LogP contribution in [0.1, 0.15) is 32.6 Å². The quantitative estimate of drug-likeness (QED) is 0.609. The van der Waals surface area contributed by atoms with Crippen molar-refractivity contribution in [2.24, 2.45) is 5.92 Å². The minimum absolute atomic E-state index is 0.194. The molecule has 0 heterocycles. The van der Waals surface area contributed by atoms with Crippen LogP contribution in [0.15, 0.2) is 0 Å². The molecule has 1 amide bonds. The van der Waals surface area contributed by atoms with Crippen molar-refractivity contribution in [3.05, 3.63) is 0 Å². The first-order chi connectivity index (χ1) is 4.70. The molecule has 0 aromatic heterocycles. The monoisotopic (exact) mass is 139 g/mol. The fourth-order valence-corrected chi connectivity index (χ4v) is 1.06. The van der Waals surface area contributed by atoms with Crippen LogP contribution in [-0.4, -0.2) is 11.4 Å². The fraction of sp³-hybridized carbons (Fsp3) is 0.875. The summed E-state index contributed by atoms with van der Waals surface area (Å²) in [6.07, 6.45) is 4.57. The van der Waals surface area contributed by atoms with E-state index in [0.29, 0.717) is 11.8 Å². The largest absolute Gasteiger partial charge is 0.351 e. The Morgan fingerprint density at radius 2 is 2.10 bits per heavy atom. The third-order valence-electron chi connectivity index (χ3n) is 2.37. The van der Waals surface area contributed by atoms with Gasteiger partial charge in [0.25, 0.3) is 0 Å². The van der Waals surface area contributed by atoms with Crippen molar-refractivity contribution < 1.29 is 4.79 Å². The minimum atomic E-state index is 0.194. The Balaban J connectivity index is 1.83. The Morgan fingerprint density at radius 1 is 1.50 bits per heavy atom. The number of carbonyl (C=O) groups excluding carboxylic acids is 1. The van der Waals surface area contributed by atoms with E-state index >= 15 is 0 Å². The molecule has 56 valence electrons. The van der Waals surface area contributed by atoms with E-state index in [4.69, 9.17) is 0 Å². The molecule has 0 aliphatic heterocycles. The average Bonchev–Trinajstić information content (AvgIpc) is 2.60. The first-order valence-corrected chi connectivity index (χ1v) is 4.02. The minimum Gasteiger partial charge on any atom is -0.351 e. The van der Waals surface area contributed by atoms with Crippen LogP contribution in [0.25, 0.3) is 0 Å². The summed E-state index contributed by atoms with van der Waals surface area (Å²) in [6.45, 7) is 2.12.